The van der Waals surface area contributed by atoms with Crippen LogP contribution in [0.15, 0.2) is 48.9 Å². The first-order valence-electron chi connectivity index (χ1n) is 7.42. The van der Waals surface area contributed by atoms with Gasteiger partial charge in [-0.15, -0.1) is 0 Å². The van der Waals surface area contributed by atoms with Crippen molar-refractivity contribution in [3.8, 4) is 0 Å². The van der Waals surface area contributed by atoms with Crippen molar-refractivity contribution in [1.29, 1.82) is 0 Å². The molecule has 104 valence electrons. The molecule has 3 rings (SSSR count). The summed E-state index contributed by atoms with van der Waals surface area (Å²) in [6.45, 7) is 7.26. The fourth-order valence-corrected chi connectivity index (χ4v) is 2.91. The zero-order valence-electron chi connectivity index (χ0n) is 11.8. The highest BCUT2D eigenvalue weighted by atomic mass is 15.3. The number of pyridine rings is 2. The molecule has 1 fully saturated rings. The maximum atomic E-state index is 4.08. The Morgan fingerprint density at radius 1 is 0.900 bits per heavy atom. The van der Waals surface area contributed by atoms with E-state index in [9.17, 15) is 0 Å². The Labute approximate surface area is 120 Å². The number of hydrogen-bond donors (Lipinski definition) is 2. The van der Waals surface area contributed by atoms with Gasteiger partial charge in [0.2, 0.25) is 5.69 Å². The third-order valence-corrected chi connectivity index (χ3v) is 4.08. The third-order valence-electron chi connectivity index (χ3n) is 4.08. The molecule has 20 heavy (non-hydrogen) atoms. The van der Waals surface area contributed by atoms with Crippen LogP contribution in [0, 0.1) is 0 Å². The van der Waals surface area contributed by atoms with E-state index in [-0.39, 0.29) is 0 Å². The lowest BCUT2D eigenvalue weighted by atomic mass is 10.2. The van der Waals surface area contributed by atoms with Crippen molar-refractivity contribution in [3.05, 3.63) is 60.2 Å². The summed E-state index contributed by atoms with van der Waals surface area (Å²) in [4.78, 5) is 10.8. The van der Waals surface area contributed by atoms with Crippen LogP contribution in [0.2, 0.25) is 0 Å². The van der Waals surface area contributed by atoms with E-state index >= 15 is 0 Å². The number of rotatable bonds is 4. The largest absolute Gasteiger partial charge is 0.322 e. The number of hydrogen-bond acceptors (Lipinski definition) is 1. The second-order valence-corrected chi connectivity index (χ2v) is 5.60. The zero-order chi connectivity index (χ0) is 13.6. The van der Waals surface area contributed by atoms with Gasteiger partial charge in [0, 0.05) is 30.1 Å². The van der Waals surface area contributed by atoms with Crippen molar-refractivity contribution >= 4 is 0 Å². The molecule has 0 aromatic carbocycles. The molecule has 0 radical (unpaired) electrons. The monoisotopic (exact) mass is 271 g/mol. The molecule has 4 nitrogen and oxygen atoms in total. The van der Waals surface area contributed by atoms with Crippen LogP contribution in [-0.4, -0.2) is 31.2 Å². The Hall–Kier alpha value is -1.78. The lowest BCUT2D eigenvalue weighted by molar-refractivity contribution is -1.03. The second-order valence-electron chi connectivity index (χ2n) is 5.60. The van der Waals surface area contributed by atoms with Gasteiger partial charge in [-0.2, -0.15) is 0 Å². The predicted molar refractivity (Wildman–Crippen MR) is 76.0 cm³/mol. The Bertz CT molecular complexity index is 457. The van der Waals surface area contributed by atoms with Crippen LogP contribution in [-0.2, 0) is 13.1 Å². The van der Waals surface area contributed by atoms with Crippen molar-refractivity contribution in [2.45, 2.75) is 13.1 Å². The molecular formula is C16H23N4+3. The van der Waals surface area contributed by atoms with Crippen LogP contribution in [0.25, 0.3) is 0 Å². The summed E-state index contributed by atoms with van der Waals surface area (Å²) < 4.78 is 0. The average Bonchev–Trinajstić information content (AvgIpc) is 2.51. The molecule has 0 spiro atoms. The SMILES string of the molecule is c1ccc(C[NH+]2CC[NH+](Cc3ccncc3)CC2)[nH+]c1. The Morgan fingerprint density at radius 2 is 1.60 bits per heavy atom. The number of nitrogens with zero attached hydrogens (tertiary/aromatic N) is 1. The van der Waals surface area contributed by atoms with E-state index in [2.05, 4.69) is 34.2 Å². The van der Waals surface area contributed by atoms with E-state index in [4.69, 9.17) is 0 Å². The van der Waals surface area contributed by atoms with Crippen molar-refractivity contribution < 1.29 is 14.8 Å². The van der Waals surface area contributed by atoms with E-state index in [1.54, 1.807) is 9.80 Å². The van der Waals surface area contributed by atoms with Crippen LogP contribution in [0.4, 0.5) is 0 Å². The van der Waals surface area contributed by atoms with Gasteiger partial charge < -0.3 is 9.80 Å². The molecule has 2 aromatic heterocycles. The van der Waals surface area contributed by atoms with Crippen LogP contribution in [0.3, 0.4) is 0 Å². The molecule has 0 atom stereocenters. The highest BCUT2D eigenvalue weighted by molar-refractivity contribution is 5.07. The van der Waals surface area contributed by atoms with Crippen LogP contribution >= 0.6 is 0 Å². The van der Waals surface area contributed by atoms with Gasteiger partial charge in [-0.3, -0.25) is 4.98 Å². The Morgan fingerprint density at radius 3 is 2.25 bits per heavy atom. The van der Waals surface area contributed by atoms with Crippen LogP contribution in [0.5, 0.6) is 0 Å². The summed E-state index contributed by atoms with van der Waals surface area (Å²) >= 11 is 0. The lowest BCUT2D eigenvalue weighted by Crippen LogP contribution is -3.27. The van der Waals surface area contributed by atoms with E-state index in [0.29, 0.717) is 0 Å². The summed E-state index contributed by atoms with van der Waals surface area (Å²) in [5, 5.41) is 0. The average molecular weight is 271 g/mol. The summed E-state index contributed by atoms with van der Waals surface area (Å²) in [5.74, 6) is 0. The minimum absolute atomic E-state index is 1.11. The molecule has 3 N–H and O–H groups in total. The molecule has 3 heterocycles. The van der Waals surface area contributed by atoms with Crippen molar-refractivity contribution in [2.24, 2.45) is 0 Å². The predicted octanol–water partition coefficient (Wildman–Crippen LogP) is -1.62. The molecule has 0 amide bonds. The topological polar surface area (TPSA) is 35.9 Å². The van der Waals surface area contributed by atoms with Gasteiger partial charge in [0.15, 0.2) is 12.7 Å². The Balaban J connectivity index is 1.47. The molecule has 0 aliphatic carbocycles. The highest BCUT2D eigenvalue weighted by Gasteiger charge is 2.24. The Kier molecular flexibility index (Phi) is 4.35. The first-order valence-corrected chi connectivity index (χ1v) is 7.42. The van der Waals surface area contributed by atoms with Crippen molar-refractivity contribution in [1.82, 2.24) is 4.98 Å². The normalized spacial score (nSPS) is 22.6. The minimum Gasteiger partial charge on any atom is -0.322 e. The third kappa shape index (κ3) is 3.62. The minimum atomic E-state index is 1.11. The molecule has 0 saturated carbocycles. The summed E-state index contributed by atoms with van der Waals surface area (Å²) in [6, 6.07) is 10.6. The van der Waals surface area contributed by atoms with Gasteiger partial charge in [0.05, 0.1) is 0 Å². The van der Waals surface area contributed by atoms with Gasteiger partial charge >= 0.3 is 0 Å². The lowest BCUT2D eigenvalue weighted by Gasteiger charge is -2.28. The number of piperazine rings is 1. The van der Waals surface area contributed by atoms with E-state index in [0.717, 1.165) is 13.1 Å². The highest BCUT2D eigenvalue weighted by Crippen LogP contribution is 1.92. The molecule has 1 aliphatic rings. The number of H-pyrrole nitrogens is 1. The standard InChI is InChI=1S/C16H20N4/c1-2-6-18-16(3-1)14-20-11-9-19(10-12-20)13-15-4-7-17-8-5-15/h1-8H,9-14H2/p+3. The van der Waals surface area contributed by atoms with Gasteiger partial charge in [-0.25, -0.2) is 4.98 Å². The number of quaternary nitrogens is 2. The van der Waals surface area contributed by atoms with Gasteiger partial charge in [0.25, 0.3) is 0 Å². The summed E-state index contributed by atoms with van der Waals surface area (Å²) in [6.07, 6.45) is 5.79. The summed E-state index contributed by atoms with van der Waals surface area (Å²) in [5.41, 5.74) is 2.73. The van der Waals surface area contributed by atoms with Crippen molar-refractivity contribution in [3.63, 3.8) is 0 Å². The molecule has 0 bridgehead atoms. The van der Waals surface area contributed by atoms with E-state index in [1.807, 2.05) is 24.7 Å². The molecule has 1 aliphatic heterocycles. The van der Waals surface area contributed by atoms with Crippen LogP contribution < -0.4 is 14.8 Å². The van der Waals surface area contributed by atoms with Gasteiger partial charge in [0.1, 0.15) is 32.7 Å². The molecule has 0 unspecified atom stereocenters. The molecule has 1 saturated heterocycles. The van der Waals surface area contributed by atoms with Crippen molar-refractivity contribution in [2.75, 3.05) is 26.2 Å². The number of aromatic amines is 1. The maximum absolute atomic E-state index is 4.08. The number of aromatic nitrogens is 2. The first-order chi connectivity index (χ1) is 9.90. The van der Waals surface area contributed by atoms with E-state index in [1.165, 1.54) is 37.4 Å². The number of nitrogens with one attached hydrogen (secondary N) is 3. The maximum Gasteiger partial charge on any atom is 0.234 e. The summed E-state index contributed by atoms with van der Waals surface area (Å²) in [7, 11) is 0. The second kappa shape index (κ2) is 6.59. The molecular weight excluding hydrogens is 248 g/mol. The fraction of sp³-hybridized carbons (Fsp3) is 0.375. The fourth-order valence-electron chi connectivity index (χ4n) is 2.91. The molecule has 2 aromatic rings. The smallest absolute Gasteiger partial charge is 0.234 e. The first kappa shape index (κ1) is 13.2. The zero-order valence-corrected chi connectivity index (χ0v) is 11.8. The quantitative estimate of drug-likeness (QED) is 0.689. The molecule has 4 heteroatoms. The van der Waals surface area contributed by atoms with Gasteiger partial charge in [-0.1, -0.05) is 0 Å². The van der Waals surface area contributed by atoms with Crippen LogP contribution in [0.1, 0.15) is 11.3 Å². The van der Waals surface area contributed by atoms with Gasteiger partial charge in [-0.05, 0) is 18.2 Å². The van der Waals surface area contributed by atoms with E-state index < -0.39 is 0 Å².